The van der Waals surface area contributed by atoms with Crippen LogP contribution >= 0.6 is 11.3 Å². The molecule has 1 amide bonds. The summed E-state index contributed by atoms with van der Waals surface area (Å²) in [7, 11) is 0. The number of aryl methyl sites for hydroxylation is 2. The SMILES string of the molecule is CCOC(=O)c1c(-c2ccc(CC)cc2)csc1NC(=O)Cn1cccc(C)c1=O. The first-order valence-corrected chi connectivity index (χ1v) is 10.7. The summed E-state index contributed by atoms with van der Waals surface area (Å²) in [5, 5.41) is 5.02. The Hall–Kier alpha value is -3.19. The largest absolute Gasteiger partial charge is 0.462 e. The zero-order valence-corrected chi connectivity index (χ0v) is 18.0. The Kier molecular flexibility index (Phi) is 6.84. The van der Waals surface area contributed by atoms with Gasteiger partial charge >= 0.3 is 5.97 Å². The van der Waals surface area contributed by atoms with Crippen LogP contribution in [0.2, 0.25) is 0 Å². The van der Waals surface area contributed by atoms with Gasteiger partial charge in [-0.1, -0.05) is 37.3 Å². The summed E-state index contributed by atoms with van der Waals surface area (Å²) in [5.74, 6) is -0.876. The normalized spacial score (nSPS) is 10.6. The third-order valence-corrected chi connectivity index (χ3v) is 5.62. The van der Waals surface area contributed by atoms with Crippen LogP contribution in [0.1, 0.15) is 35.3 Å². The highest BCUT2D eigenvalue weighted by Crippen LogP contribution is 2.36. The molecular weight excluding hydrogens is 400 g/mol. The summed E-state index contributed by atoms with van der Waals surface area (Å²) in [6.07, 6.45) is 2.49. The first-order chi connectivity index (χ1) is 14.4. The van der Waals surface area contributed by atoms with Crippen molar-refractivity contribution < 1.29 is 14.3 Å². The maximum atomic E-state index is 12.7. The van der Waals surface area contributed by atoms with Gasteiger partial charge in [0, 0.05) is 22.7 Å². The Morgan fingerprint density at radius 1 is 1.13 bits per heavy atom. The van der Waals surface area contributed by atoms with Crippen molar-refractivity contribution in [1.82, 2.24) is 4.57 Å². The smallest absolute Gasteiger partial charge is 0.341 e. The van der Waals surface area contributed by atoms with E-state index in [9.17, 15) is 14.4 Å². The number of esters is 1. The lowest BCUT2D eigenvalue weighted by Crippen LogP contribution is -2.28. The molecule has 0 aliphatic carbocycles. The van der Waals surface area contributed by atoms with E-state index >= 15 is 0 Å². The number of thiophene rings is 1. The lowest BCUT2D eigenvalue weighted by Gasteiger charge is -2.10. The van der Waals surface area contributed by atoms with Crippen molar-refractivity contribution in [2.24, 2.45) is 0 Å². The Balaban J connectivity index is 1.91. The number of pyridine rings is 1. The van der Waals surface area contributed by atoms with Crippen molar-refractivity contribution >= 4 is 28.2 Å². The molecule has 0 radical (unpaired) electrons. The van der Waals surface area contributed by atoms with E-state index in [0.29, 0.717) is 21.7 Å². The van der Waals surface area contributed by atoms with E-state index in [2.05, 4.69) is 12.2 Å². The molecule has 6 nitrogen and oxygen atoms in total. The molecule has 0 unspecified atom stereocenters. The zero-order valence-electron chi connectivity index (χ0n) is 17.2. The minimum atomic E-state index is -0.489. The van der Waals surface area contributed by atoms with E-state index in [4.69, 9.17) is 4.74 Å². The number of hydrogen-bond donors (Lipinski definition) is 1. The summed E-state index contributed by atoms with van der Waals surface area (Å²) in [5.41, 5.74) is 3.46. The molecule has 0 atom stereocenters. The minimum Gasteiger partial charge on any atom is -0.462 e. The first kappa shape index (κ1) is 21.5. The highest BCUT2D eigenvalue weighted by Gasteiger charge is 2.23. The second-order valence-corrected chi connectivity index (χ2v) is 7.68. The number of hydrogen-bond acceptors (Lipinski definition) is 5. The fraction of sp³-hybridized carbons (Fsp3) is 0.261. The van der Waals surface area contributed by atoms with Gasteiger partial charge in [-0.3, -0.25) is 9.59 Å². The van der Waals surface area contributed by atoms with Crippen molar-refractivity contribution in [3.8, 4) is 11.1 Å². The highest BCUT2D eigenvalue weighted by molar-refractivity contribution is 7.15. The van der Waals surface area contributed by atoms with Gasteiger partial charge < -0.3 is 14.6 Å². The lowest BCUT2D eigenvalue weighted by atomic mass is 10.0. The van der Waals surface area contributed by atoms with Gasteiger partial charge in [0.05, 0.1) is 6.61 Å². The second-order valence-electron chi connectivity index (χ2n) is 6.80. The molecule has 3 rings (SSSR count). The Labute approximate surface area is 179 Å². The van der Waals surface area contributed by atoms with Crippen LogP contribution < -0.4 is 10.9 Å². The monoisotopic (exact) mass is 424 g/mol. The number of ether oxygens (including phenoxy) is 1. The van der Waals surface area contributed by atoms with Crippen LogP contribution in [0.15, 0.2) is 52.8 Å². The average Bonchev–Trinajstić information content (AvgIpc) is 3.15. The third-order valence-electron chi connectivity index (χ3n) is 4.72. The molecule has 30 heavy (non-hydrogen) atoms. The van der Waals surface area contributed by atoms with E-state index in [1.165, 1.54) is 21.5 Å². The topological polar surface area (TPSA) is 77.4 Å². The van der Waals surface area contributed by atoms with Gasteiger partial charge in [0.25, 0.3) is 5.56 Å². The van der Waals surface area contributed by atoms with Gasteiger partial charge in [-0.15, -0.1) is 11.3 Å². The Morgan fingerprint density at radius 3 is 2.53 bits per heavy atom. The summed E-state index contributed by atoms with van der Waals surface area (Å²) in [4.78, 5) is 37.4. The third kappa shape index (κ3) is 4.68. The summed E-state index contributed by atoms with van der Waals surface area (Å²) in [6.45, 7) is 5.61. The predicted octanol–water partition coefficient (Wildman–Crippen LogP) is 4.26. The number of nitrogens with one attached hydrogen (secondary N) is 1. The molecule has 0 saturated heterocycles. The fourth-order valence-corrected chi connectivity index (χ4v) is 4.06. The van der Waals surface area contributed by atoms with Crippen molar-refractivity contribution in [2.45, 2.75) is 33.7 Å². The molecule has 1 N–H and O–H groups in total. The zero-order chi connectivity index (χ0) is 21.7. The molecule has 2 aromatic heterocycles. The van der Waals surface area contributed by atoms with Crippen LogP contribution in [-0.4, -0.2) is 23.1 Å². The maximum Gasteiger partial charge on any atom is 0.341 e. The molecule has 7 heteroatoms. The summed E-state index contributed by atoms with van der Waals surface area (Å²) < 4.78 is 6.57. The van der Waals surface area contributed by atoms with Crippen molar-refractivity contribution in [3.63, 3.8) is 0 Å². The van der Waals surface area contributed by atoms with Gasteiger partial charge in [-0.2, -0.15) is 0 Å². The number of amides is 1. The number of benzene rings is 1. The number of aromatic nitrogens is 1. The van der Waals surface area contributed by atoms with Gasteiger partial charge in [-0.25, -0.2) is 4.79 Å². The summed E-state index contributed by atoms with van der Waals surface area (Å²) in [6, 6.07) is 11.4. The van der Waals surface area contributed by atoms with Gasteiger partial charge in [0.15, 0.2) is 0 Å². The molecule has 2 heterocycles. The second kappa shape index (κ2) is 9.54. The van der Waals surface area contributed by atoms with Gasteiger partial charge in [0.1, 0.15) is 17.1 Å². The Morgan fingerprint density at radius 2 is 1.87 bits per heavy atom. The van der Waals surface area contributed by atoms with E-state index in [-0.39, 0.29) is 24.6 Å². The Bertz CT molecular complexity index is 1110. The molecule has 3 aromatic rings. The molecule has 1 aromatic carbocycles. The lowest BCUT2D eigenvalue weighted by molar-refractivity contribution is -0.116. The van der Waals surface area contributed by atoms with Crippen LogP contribution in [0, 0.1) is 6.92 Å². The van der Waals surface area contributed by atoms with E-state index in [1.807, 2.05) is 29.6 Å². The molecule has 0 spiro atoms. The number of carbonyl (C=O) groups excluding carboxylic acids is 2. The average molecular weight is 425 g/mol. The molecule has 0 aliphatic heterocycles. The van der Waals surface area contributed by atoms with Crippen LogP contribution in [0.3, 0.4) is 0 Å². The molecule has 0 aliphatic rings. The fourth-order valence-electron chi connectivity index (χ4n) is 3.09. The molecule has 156 valence electrons. The van der Waals surface area contributed by atoms with Crippen LogP contribution in [0.25, 0.3) is 11.1 Å². The van der Waals surface area contributed by atoms with E-state index in [0.717, 1.165) is 12.0 Å². The number of rotatable bonds is 7. The summed E-state index contributed by atoms with van der Waals surface area (Å²) >= 11 is 1.26. The van der Waals surface area contributed by atoms with Crippen molar-refractivity contribution in [2.75, 3.05) is 11.9 Å². The number of carbonyl (C=O) groups is 2. The van der Waals surface area contributed by atoms with Gasteiger partial charge in [-0.05, 0) is 37.5 Å². The van der Waals surface area contributed by atoms with Crippen molar-refractivity contribution in [1.29, 1.82) is 0 Å². The number of anilines is 1. The standard InChI is InChI=1S/C23H24N2O4S/c1-4-16-8-10-17(11-9-16)18-14-30-21(20(18)23(28)29-5-2)24-19(26)13-25-12-6-7-15(3)22(25)27/h6-12,14H,4-5,13H2,1-3H3,(H,24,26). The first-order valence-electron chi connectivity index (χ1n) is 9.78. The van der Waals surface area contributed by atoms with Gasteiger partial charge in [0.2, 0.25) is 5.91 Å². The quantitative estimate of drug-likeness (QED) is 0.575. The predicted molar refractivity (Wildman–Crippen MR) is 119 cm³/mol. The molecule has 0 saturated carbocycles. The molecule has 0 fully saturated rings. The van der Waals surface area contributed by atoms with Crippen LogP contribution in [0.5, 0.6) is 0 Å². The molecular formula is C23H24N2O4S. The van der Waals surface area contributed by atoms with Crippen LogP contribution in [0.4, 0.5) is 5.00 Å². The van der Waals surface area contributed by atoms with Crippen LogP contribution in [-0.2, 0) is 22.5 Å². The minimum absolute atomic E-state index is 0.138. The number of nitrogens with zero attached hydrogens (tertiary/aromatic N) is 1. The maximum absolute atomic E-state index is 12.7. The van der Waals surface area contributed by atoms with E-state index in [1.54, 1.807) is 32.2 Å². The van der Waals surface area contributed by atoms with E-state index < -0.39 is 5.97 Å². The van der Waals surface area contributed by atoms with Crippen molar-refractivity contribution in [3.05, 3.63) is 75.0 Å². The molecule has 0 bridgehead atoms. The highest BCUT2D eigenvalue weighted by atomic mass is 32.1.